The molecule has 1 unspecified atom stereocenters. The lowest BCUT2D eigenvalue weighted by Gasteiger charge is -2.27. The van der Waals surface area contributed by atoms with E-state index < -0.39 is 5.97 Å². The molecule has 0 amide bonds. The summed E-state index contributed by atoms with van der Waals surface area (Å²) in [5.74, 6) is 0.527. The summed E-state index contributed by atoms with van der Waals surface area (Å²) in [4.78, 5) is 15.8. The van der Waals surface area contributed by atoms with Gasteiger partial charge in [0.1, 0.15) is 5.82 Å². The fourth-order valence-electron chi connectivity index (χ4n) is 3.18. The van der Waals surface area contributed by atoms with Gasteiger partial charge < -0.3 is 15.0 Å². The Morgan fingerprint density at radius 2 is 2.17 bits per heavy atom. The first-order valence-corrected chi connectivity index (χ1v) is 6.76. The highest BCUT2D eigenvalue weighted by Crippen LogP contribution is 2.33. The number of fused-ring (bicyclic) bond motifs is 1. The molecule has 2 N–H and O–H groups in total. The van der Waals surface area contributed by atoms with Crippen molar-refractivity contribution in [1.29, 1.82) is 0 Å². The summed E-state index contributed by atoms with van der Waals surface area (Å²) >= 11 is 0. The summed E-state index contributed by atoms with van der Waals surface area (Å²) in [6.45, 7) is 3.00. The van der Waals surface area contributed by atoms with E-state index in [0.717, 1.165) is 56.8 Å². The first-order valence-electron chi connectivity index (χ1n) is 6.76. The van der Waals surface area contributed by atoms with Crippen LogP contribution in [0.2, 0.25) is 0 Å². The van der Waals surface area contributed by atoms with Crippen LogP contribution in [-0.4, -0.2) is 33.7 Å². The van der Waals surface area contributed by atoms with Crippen LogP contribution < -0.4 is 5.32 Å². The predicted molar refractivity (Wildman–Crippen MR) is 66.7 cm³/mol. The lowest BCUT2D eigenvalue weighted by molar-refractivity contribution is -0.139. The van der Waals surface area contributed by atoms with Gasteiger partial charge in [0.15, 0.2) is 0 Å². The second-order valence-corrected chi connectivity index (χ2v) is 5.25. The minimum atomic E-state index is -0.715. The van der Waals surface area contributed by atoms with E-state index in [2.05, 4.69) is 14.9 Å². The van der Waals surface area contributed by atoms with Crippen LogP contribution >= 0.6 is 0 Å². The van der Waals surface area contributed by atoms with Crippen LogP contribution in [0.15, 0.2) is 6.20 Å². The van der Waals surface area contributed by atoms with Gasteiger partial charge in [0.2, 0.25) is 0 Å². The molecule has 1 saturated heterocycles. The molecule has 2 aliphatic rings. The van der Waals surface area contributed by atoms with E-state index in [9.17, 15) is 9.90 Å². The van der Waals surface area contributed by atoms with Crippen molar-refractivity contribution in [3.63, 3.8) is 0 Å². The maximum absolute atomic E-state index is 11.3. The fraction of sp³-hybridized carbons (Fsp3) is 0.692. The van der Waals surface area contributed by atoms with Gasteiger partial charge >= 0.3 is 5.97 Å². The number of rotatable bonds is 2. The second kappa shape index (κ2) is 4.72. The second-order valence-electron chi connectivity index (χ2n) is 5.25. The predicted octanol–water partition coefficient (Wildman–Crippen LogP) is 1.31. The smallest absolute Gasteiger partial charge is 0.312 e. The molecule has 1 fully saturated rings. The number of carboxylic acid groups (broad SMARTS) is 1. The van der Waals surface area contributed by atoms with E-state index in [0.29, 0.717) is 5.92 Å². The van der Waals surface area contributed by atoms with E-state index in [1.807, 2.05) is 0 Å². The number of imidazole rings is 1. The Labute approximate surface area is 106 Å². The molecule has 1 aromatic heterocycles. The number of aromatic nitrogens is 2. The summed E-state index contributed by atoms with van der Waals surface area (Å²) in [6.07, 6.45) is 5.68. The number of nitrogens with one attached hydrogen (secondary N) is 1. The van der Waals surface area contributed by atoms with Gasteiger partial charge in [-0.05, 0) is 38.8 Å². The summed E-state index contributed by atoms with van der Waals surface area (Å²) in [5.41, 5.74) is 0.905. The maximum atomic E-state index is 11.3. The highest BCUT2D eigenvalue weighted by atomic mass is 16.4. The number of hydrogen-bond donors (Lipinski definition) is 2. The molecular weight excluding hydrogens is 230 g/mol. The Hall–Kier alpha value is -1.36. The molecule has 0 aliphatic carbocycles. The van der Waals surface area contributed by atoms with Crippen molar-refractivity contribution in [2.75, 3.05) is 13.1 Å². The summed E-state index contributed by atoms with van der Waals surface area (Å²) < 4.78 is 2.16. The molecule has 98 valence electrons. The first-order chi connectivity index (χ1) is 8.77. The molecule has 1 atom stereocenters. The van der Waals surface area contributed by atoms with Crippen LogP contribution in [0.5, 0.6) is 0 Å². The standard InChI is InChI=1S/C13H19N3O2/c17-13(18)10-2-1-7-16-11(10)8-15-12(16)9-3-5-14-6-4-9/h8-10,14H,1-7H2,(H,17,18). The zero-order valence-corrected chi connectivity index (χ0v) is 10.4. The zero-order valence-electron chi connectivity index (χ0n) is 10.4. The summed E-state index contributed by atoms with van der Waals surface area (Å²) in [6, 6.07) is 0. The van der Waals surface area contributed by atoms with Crippen molar-refractivity contribution in [2.24, 2.45) is 0 Å². The Morgan fingerprint density at radius 3 is 2.89 bits per heavy atom. The quantitative estimate of drug-likeness (QED) is 0.829. The minimum Gasteiger partial charge on any atom is -0.481 e. The molecule has 0 bridgehead atoms. The van der Waals surface area contributed by atoms with Gasteiger partial charge in [-0.3, -0.25) is 4.79 Å². The average molecular weight is 249 g/mol. The molecule has 2 aliphatic heterocycles. The first kappa shape index (κ1) is 11.7. The van der Waals surface area contributed by atoms with E-state index in [-0.39, 0.29) is 5.92 Å². The molecule has 1 aromatic rings. The van der Waals surface area contributed by atoms with Gasteiger partial charge in [0, 0.05) is 18.7 Å². The molecule has 18 heavy (non-hydrogen) atoms. The maximum Gasteiger partial charge on any atom is 0.312 e. The SMILES string of the molecule is O=C(O)C1CCCn2c1cnc2C1CCNCC1. The zero-order chi connectivity index (χ0) is 12.5. The molecule has 0 radical (unpaired) electrons. The summed E-state index contributed by atoms with van der Waals surface area (Å²) in [7, 11) is 0. The van der Waals surface area contributed by atoms with Crippen molar-refractivity contribution in [3.8, 4) is 0 Å². The third-order valence-electron chi connectivity index (χ3n) is 4.15. The van der Waals surface area contributed by atoms with Crippen molar-refractivity contribution < 1.29 is 9.90 Å². The molecule has 0 spiro atoms. The van der Waals surface area contributed by atoms with E-state index >= 15 is 0 Å². The third-order valence-corrected chi connectivity index (χ3v) is 4.15. The Morgan fingerprint density at radius 1 is 1.39 bits per heavy atom. The van der Waals surface area contributed by atoms with Gasteiger partial charge in [-0.1, -0.05) is 0 Å². The Kier molecular flexibility index (Phi) is 3.07. The van der Waals surface area contributed by atoms with Crippen LogP contribution in [0.25, 0.3) is 0 Å². The lowest BCUT2D eigenvalue weighted by Crippen LogP contribution is -2.29. The molecule has 5 nitrogen and oxygen atoms in total. The van der Waals surface area contributed by atoms with Crippen molar-refractivity contribution >= 4 is 5.97 Å². The monoisotopic (exact) mass is 249 g/mol. The van der Waals surface area contributed by atoms with Gasteiger partial charge in [-0.15, -0.1) is 0 Å². The number of carbonyl (C=O) groups is 1. The normalized spacial score (nSPS) is 24.8. The molecule has 0 aromatic carbocycles. The number of piperidine rings is 1. The highest BCUT2D eigenvalue weighted by molar-refractivity contribution is 5.75. The molecule has 5 heteroatoms. The van der Waals surface area contributed by atoms with Crippen LogP contribution in [0, 0.1) is 0 Å². The topological polar surface area (TPSA) is 67.1 Å². The highest BCUT2D eigenvalue weighted by Gasteiger charge is 2.30. The van der Waals surface area contributed by atoms with E-state index in [1.54, 1.807) is 6.20 Å². The van der Waals surface area contributed by atoms with Gasteiger partial charge in [-0.25, -0.2) is 4.98 Å². The van der Waals surface area contributed by atoms with Crippen LogP contribution in [-0.2, 0) is 11.3 Å². The molecule has 3 rings (SSSR count). The molecule has 0 saturated carbocycles. The van der Waals surface area contributed by atoms with Gasteiger partial charge in [0.05, 0.1) is 11.6 Å². The Bertz CT molecular complexity index is 449. The van der Waals surface area contributed by atoms with E-state index in [4.69, 9.17) is 0 Å². The van der Waals surface area contributed by atoms with Crippen molar-refractivity contribution in [2.45, 2.75) is 44.1 Å². The lowest BCUT2D eigenvalue weighted by atomic mass is 9.94. The number of hydrogen-bond acceptors (Lipinski definition) is 3. The molecule has 3 heterocycles. The van der Waals surface area contributed by atoms with E-state index in [1.165, 1.54) is 0 Å². The average Bonchev–Trinajstić information content (AvgIpc) is 2.83. The van der Waals surface area contributed by atoms with Crippen molar-refractivity contribution in [1.82, 2.24) is 14.9 Å². The number of carboxylic acids is 1. The minimum absolute atomic E-state index is 0.360. The van der Waals surface area contributed by atoms with Gasteiger partial charge in [0.25, 0.3) is 0 Å². The fourth-order valence-corrected chi connectivity index (χ4v) is 3.18. The summed E-state index contributed by atoms with van der Waals surface area (Å²) in [5, 5.41) is 12.6. The number of aliphatic carboxylic acids is 1. The number of nitrogens with zero attached hydrogens (tertiary/aromatic N) is 2. The Balaban J connectivity index is 1.91. The van der Waals surface area contributed by atoms with Crippen LogP contribution in [0.3, 0.4) is 0 Å². The molecular formula is C13H19N3O2. The van der Waals surface area contributed by atoms with Crippen LogP contribution in [0.1, 0.15) is 49.0 Å². The van der Waals surface area contributed by atoms with Gasteiger partial charge in [-0.2, -0.15) is 0 Å². The van der Waals surface area contributed by atoms with Crippen LogP contribution in [0.4, 0.5) is 0 Å². The van der Waals surface area contributed by atoms with Crippen molar-refractivity contribution in [3.05, 3.63) is 17.7 Å². The third kappa shape index (κ3) is 1.92. The largest absolute Gasteiger partial charge is 0.481 e.